The van der Waals surface area contributed by atoms with Crippen molar-refractivity contribution in [2.24, 2.45) is 0 Å². The Morgan fingerprint density at radius 2 is 2.33 bits per heavy atom. The lowest BCUT2D eigenvalue weighted by Gasteiger charge is -1.95. The van der Waals surface area contributed by atoms with Crippen LogP contribution in [0.2, 0.25) is 0 Å². The molecule has 12 heavy (non-hydrogen) atoms. The van der Waals surface area contributed by atoms with Gasteiger partial charge in [0.05, 0.1) is 0 Å². The largest absolute Gasteiger partial charge is 0.144 e. The molecule has 1 aromatic heterocycles. The van der Waals surface area contributed by atoms with E-state index in [0.29, 0.717) is 0 Å². The third-order valence-electron chi connectivity index (χ3n) is 1.84. The molecule has 0 atom stereocenters. The summed E-state index contributed by atoms with van der Waals surface area (Å²) in [6.07, 6.45) is 7.25. The molecular formula is C11H14S. The summed E-state index contributed by atoms with van der Waals surface area (Å²) in [5.74, 6) is 0. The predicted octanol–water partition coefficient (Wildman–Crippen LogP) is 3.99. The highest BCUT2D eigenvalue weighted by Crippen LogP contribution is 2.25. The van der Waals surface area contributed by atoms with Crippen molar-refractivity contribution in [3.05, 3.63) is 34.0 Å². The summed E-state index contributed by atoms with van der Waals surface area (Å²) in [5.41, 5.74) is 2.71. The van der Waals surface area contributed by atoms with Gasteiger partial charge in [0.1, 0.15) is 0 Å². The van der Waals surface area contributed by atoms with Crippen LogP contribution in [0.3, 0.4) is 0 Å². The molecule has 0 fully saturated rings. The highest BCUT2D eigenvalue weighted by atomic mass is 32.1. The second-order valence-electron chi connectivity index (χ2n) is 2.60. The fourth-order valence-corrected chi connectivity index (χ4v) is 2.32. The van der Waals surface area contributed by atoms with Crippen LogP contribution >= 0.6 is 11.3 Å². The molecule has 0 aliphatic carbocycles. The first-order valence-corrected chi connectivity index (χ1v) is 5.07. The molecule has 0 saturated heterocycles. The monoisotopic (exact) mass is 178 g/mol. The van der Waals surface area contributed by atoms with Gasteiger partial charge in [0.25, 0.3) is 0 Å². The average molecular weight is 178 g/mol. The molecule has 0 aliphatic heterocycles. The summed E-state index contributed by atoms with van der Waals surface area (Å²) in [5, 5.41) is 2.21. The first-order chi connectivity index (χ1) is 5.83. The third-order valence-corrected chi connectivity index (χ3v) is 2.85. The van der Waals surface area contributed by atoms with Gasteiger partial charge in [-0.25, -0.2) is 0 Å². The van der Waals surface area contributed by atoms with Crippen molar-refractivity contribution < 1.29 is 0 Å². The molecule has 0 radical (unpaired) electrons. The van der Waals surface area contributed by atoms with Gasteiger partial charge >= 0.3 is 0 Å². The van der Waals surface area contributed by atoms with Crippen molar-refractivity contribution in [1.82, 2.24) is 0 Å². The summed E-state index contributed by atoms with van der Waals surface area (Å²) in [4.78, 5) is 1.32. The van der Waals surface area contributed by atoms with E-state index in [9.17, 15) is 0 Å². The smallest absolute Gasteiger partial charge is 0.0342 e. The molecule has 0 unspecified atom stereocenters. The normalized spacial score (nSPS) is 10.8. The van der Waals surface area contributed by atoms with Crippen molar-refractivity contribution in [2.45, 2.75) is 20.3 Å². The lowest BCUT2D eigenvalue weighted by atomic mass is 10.1. The minimum absolute atomic E-state index is 1.09. The fourth-order valence-electron chi connectivity index (χ4n) is 1.21. The molecule has 0 saturated carbocycles. The highest BCUT2D eigenvalue weighted by Gasteiger charge is 2.03. The lowest BCUT2D eigenvalue weighted by Crippen LogP contribution is -1.79. The first-order valence-electron chi connectivity index (χ1n) is 4.19. The third kappa shape index (κ3) is 1.67. The maximum absolute atomic E-state index is 3.83. The van der Waals surface area contributed by atoms with Gasteiger partial charge in [0, 0.05) is 4.88 Å². The molecule has 0 N–H and O–H groups in total. The van der Waals surface area contributed by atoms with Crippen molar-refractivity contribution in [3.63, 3.8) is 0 Å². The number of rotatable bonds is 3. The Kier molecular flexibility index (Phi) is 3.30. The minimum atomic E-state index is 1.09. The fraction of sp³-hybridized carbons (Fsp3) is 0.273. The number of allylic oxidation sites excluding steroid dienone is 1. The van der Waals surface area contributed by atoms with Gasteiger partial charge in [-0.15, -0.1) is 11.3 Å². The van der Waals surface area contributed by atoms with E-state index < -0.39 is 0 Å². The Labute approximate surface area is 78.2 Å². The Hall–Kier alpha value is -0.820. The topological polar surface area (TPSA) is 0 Å². The second kappa shape index (κ2) is 4.27. The molecule has 0 aromatic carbocycles. The van der Waals surface area contributed by atoms with Crippen LogP contribution in [-0.2, 0) is 6.42 Å². The number of aryl methyl sites for hydroxylation is 1. The number of thiophene rings is 1. The minimum Gasteiger partial charge on any atom is -0.144 e. The van der Waals surface area contributed by atoms with Crippen LogP contribution in [0.5, 0.6) is 0 Å². The van der Waals surface area contributed by atoms with Gasteiger partial charge in [-0.2, -0.15) is 0 Å². The molecular weight excluding hydrogens is 164 g/mol. The van der Waals surface area contributed by atoms with Crippen LogP contribution in [-0.4, -0.2) is 0 Å². The Bertz CT molecular complexity index is 292. The molecule has 0 amide bonds. The van der Waals surface area contributed by atoms with Gasteiger partial charge in [0.2, 0.25) is 0 Å². The zero-order chi connectivity index (χ0) is 8.97. The molecule has 0 aliphatic rings. The van der Waals surface area contributed by atoms with Crippen LogP contribution in [0.25, 0.3) is 12.2 Å². The Balaban J connectivity index is 3.13. The van der Waals surface area contributed by atoms with Gasteiger partial charge in [-0.3, -0.25) is 0 Å². The van der Waals surface area contributed by atoms with Gasteiger partial charge in [-0.05, 0) is 35.9 Å². The summed E-state index contributed by atoms with van der Waals surface area (Å²) in [6.45, 7) is 8.04. The molecule has 64 valence electrons. The van der Waals surface area contributed by atoms with E-state index in [4.69, 9.17) is 0 Å². The van der Waals surface area contributed by atoms with Crippen molar-refractivity contribution in [3.8, 4) is 0 Å². The van der Waals surface area contributed by atoms with E-state index in [0.717, 1.165) is 6.42 Å². The van der Waals surface area contributed by atoms with Crippen LogP contribution in [0.1, 0.15) is 29.9 Å². The van der Waals surface area contributed by atoms with E-state index >= 15 is 0 Å². The molecule has 1 heterocycles. The van der Waals surface area contributed by atoms with Crippen LogP contribution in [0.15, 0.2) is 18.0 Å². The van der Waals surface area contributed by atoms with E-state index in [1.807, 2.05) is 13.0 Å². The van der Waals surface area contributed by atoms with E-state index in [1.165, 1.54) is 16.0 Å². The Morgan fingerprint density at radius 3 is 2.83 bits per heavy atom. The number of hydrogen-bond acceptors (Lipinski definition) is 1. The summed E-state index contributed by atoms with van der Waals surface area (Å²) in [7, 11) is 0. The van der Waals surface area contributed by atoms with Crippen molar-refractivity contribution in [2.75, 3.05) is 0 Å². The highest BCUT2D eigenvalue weighted by molar-refractivity contribution is 7.11. The maximum atomic E-state index is 3.83. The molecule has 1 heteroatoms. The summed E-state index contributed by atoms with van der Waals surface area (Å²) in [6, 6.07) is 0. The zero-order valence-electron chi connectivity index (χ0n) is 7.63. The zero-order valence-corrected chi connectivity index (χ0v) is 8.45. The summed E-state index contributed by atoms with van der Waals surface area (Å²) < 4.78 is 0. The van der Waals surface area contributed by atoms with E-state index in [1.54, 1.807) is 11.3 Å². The van der Waals surface area contributed by atoms with E-state index in [-0.39, 0.29) is 0 Å². The molecule has 0 bridgehead atoms. The molecule has 1 rings (SSSR count). The van der Waals surface area contributed by atoms with Gasteiger partial charge in [-0.1, -0.05) is 25.7 Å². The quantitative estimate of drug-likeness (QED) is 0.656. The average Bonchev–Trinajstić information content (AvgIpc) is 2.47. The van der Waals surface area contributed by atoms with E-state index in [2.05, 4.69) is 31.0 Å². The lowest BCUT2D eigenvalue weighted by molar-refractivity contribution is 1.15. The maximum Gasteiger partial charge on any atom is 0.0342 e. The predicted molar refractivity (Wildman–Crippen MR) is 58.5 cm³/mol. The molecule has 0 spiro atoms. The van der Waals surface area contributed by atoms with Gasteiger partial charge < -0.3 is 0 Å². The molecule has 0 nitrogen and oxygen atoms in total. The Morgan fingerprint density at radius 1 is 1.58 bits per heavy atom. The summed E-state index contributed by atoms with van der Waals surface area (Å²) >= 11 is 1.79. The van der Waals surface area contributed by atoms with Crippen LogP contribution in [0, 0.1) is 0 Å². The number of hydrogen-bond donors (Lipinski definition) is 0. The van der Waals surface area contributed by atoms with Crippen LogP contribution < -0.4 is 0 Å². The van der Waals surface area contributed by atoms with Gasteiger partial charge in [0.15, 0.2) is 0 Å². The first kappa shape index (κ1) is 9.27. The van der Waals surface area contributed by atoms with Crippen LogP contribution in [0.4, 0.5) is 0 Å². The standard InChI is InChI=1S/C11H14S/c1-4-7-11-10(6-3)9(5-2)8-12-11/h4,6-8H,3,5H2,1-2H3/b7-4-. The second-order valence-corrected chi connectivity index (χ2v) is 3.51. The van der Waals surface area contributed by atoms with Crippen molar-refractivity contribution in [1.29, 1.82) is 0 Å². The molecule has 1 aromatic rings. The SMILES string of the molecule is C=Cc1c(CC)csc1/C=C\C. The van der Waals surface area contributed by atoms with Crippen molar-refractivity contribution >= 4 is 23.5 Å².